The zero-order valence-corrected chi connectivity index (χ0v) is 11.3. The van der Waals surface area contributed by atoms with Crippen LogP contribution in [0.5, 0.6) is 0 Å². The standard InChI is InChI=1S/C11H14BrFN2O2/c1-3-7(2)6-14-10-5-9(13)8(12)4-11(10)15(16)17/h4-5,7,14H,3,6H2,1-2H3. The fraction of sp³-hybridized carbons (Fsp3) is 0.455. The summed E-state index contributed by atoms with van der Waals surface area (Å²) in [6.45, 7) is 4.63. The molecule has 0 aliphatic carbocycles. The van der Waals surface area contributed by atoms with Crippen LogP contribution < -0.4 is 5.32 Å². The van der Waals surface area contributed by atoms with Crippen LogP contribution in [0.25, 0.3) is 0 Å². The zero-order valence-electron chi connectivity index (χ0n) is 9.67. The van der Waals surface area contributed by atoms with Crippen molar-refractivity contribution in [2.45, 2.75) is 20.3 Å². The smallest absolute Gasteiger partial charge is 0.293 e. The number of nitrogens with zero attached hydrogens (tertiary/aromatic N) is 1. The van der Waals surface area contributed by atoms with E-state index in [4.69, 9.17) is 0 Å². The zero-order chi connectivity index (χ0) is 13.0. The Morgan fingerprint density at radius 2 is 2.24 bits per heavy atom. The van der Waals surface area contributed by atoms with Crippen LogP contribution in [-0.2, 0) is 0 Å². The van der Waals surface area contributed by atoms with E-state index in [1.165, 1.54) is 6.07 Å². The van der Waals surface area contributed by atoms with E-state index in [1.54, 1.807) is 0 Å². The molecule has 0 aliphatic heterocycles. The van der Waals surface area contributed by atoms with Gasteiger partial charge in [0, 0.05) is 18.7 Å². The Balaban J connectivity index is 2.96. The van der Waals surface area contributed by atoms with Crippen LogP contribution in [0.4, 0.5) is 15.8 Å². The van der Waals surface area contributed by atoms with Crippen LogP contribution in [0.3, 0.4) is 0 Å². The first-order chi connectivity index (χ1) is 7.95. The predicted octanol–water partition coefficient (Wildman–Crippen LogP) is 3.95. The third-order valence-electron chi connectivity index (χ3n) is 2.57. The molecule has 0 amide bonds. The molecule has 0 bridgehead atoms. The first-order valence-corrected chi connectivity index (χ1v) is 6.12. The first kappa shape index (κ1) is 13.9. The lowest BCUT2D eigenvalue weighted by molar-refractivity contribution is -0.384. The first-order valence-electron chi connectivity index (χ1n) is 5.33. The number of nitrogens with one attached hydrogen (secondary N) is 1. The average Bonchev–Trinajstić information content (AvgIpc) is 2.29. The van der Waals surface area contributed by atoms with Gasteiger partial charge in [0.05, 0.1) is 9.40 Å². The highest BCUT2D eigenvalue weighted by Gasteiger charge is 2.17. The van der Waals surface area contributed by atoms with E-state index in [2.05, 4.69) is 21.2 Å². The van der Waals surface area contributed by atoms with Crippen molar-refractivity contribution < 1.29 is 9.31 Å². The lowest BCUT2D eigenvalue weighted by atomic mass is 10.1. The Hall–Kier alpha value is -1.17. The maximum Gasteiger partial charge on any atom is 0.293 e. The Morgan fingerprint density at radius 3 is 2.76 bits per heavy atom. The number of hydrogen-bond donors (Lipinski definition) is 1. The highest BCUT2D eigenvalue weighted by molar-refractivity contribution is 9.10. The fourth-order valence-electron chi connectivity index (χ4n) is 1.26. The van der Waals surface area contributed by atoms with Crippen molar-refractivity contribution in [3.05, 3.63) is 32.5 Å². The lowest BCUT2D eigenvalue weighted by Crippen LogP contribution is -2.11. The molecule has 1 unspecified atom stereocenters. The van der Waals surface area contributed by atoms with Crippen molar-refractivity contribution in [2.24, 2.45) is 5.92 Å². The summed E-state index contributed by atoms with van der Waals surface area (Å²) in [6.07, 6.45) is 0.958. The topological polar surface area (TPSA) is 55.2 Å². The summed E-state index contributed by atoms with van der Waals surface area (Å²) in [7, 11) is 0. The molecule has 1 N–H and O–H groups in total. The molecule has 0 saturated heterocycles. The second kappa shape index (κ2) is 5.95. The third kappa shape index (κ3) is 3.66. The number of nitro groups is 1. The van der Waals surface area contributed by atoms with E-state index < -0.39 is 10.7 Å². The molecule has 94 valence electrons. The van der Waals surface area contributed by atoms with Gasteiger partial charge in [0.1, 0.15) is 11.5 Å². The van der Waals surface area contributed by atoms with E-state index >= 15 is 0 Å². The van der Waals surface area contributed by atoms with Gasteiger partial charge in [-0.2, -0.15) is 0 Å². The van der Waals surface area contributed by atoms with Gasteiger partial charge in [-0.05, 0) is 21.8 Å². The lowest BCUT2D eigenvalue weighted by Gasteiger charge is -2.12. The summed E-state index contributed by atoms with van der Waals surface area (Å²) in [6, 6.07) is 2.32. The molecular formula is C11H14BrFN2O2. The Labute approximate surface area is 107 Å². The van der Waals surface area contributed by atoms with Crippen molar-refractivity contribution in [3.63, 3.8) is 0 Å². The van der Waals surface area contributed by atoms with E-state index in [-0.39, 0.29) is 15.8 Å². The van der Waals surface area contributed by atoms with Crippen LogP contribution in [0.1, 0.15) is 20.3 Å². The maximum absolute atomic E-state index is 13.3. The number of halogens is 2. The summed E-state index contributed by atoms with van der Waals surface area (Å²) >= 11 is 2.93. The Morgan fingerprint density at radius 1 is 1.59 bits per heavy atom. The molecule has 17 heavy (non-hydrogen) atoms. The molecule has 1 rings (SSSR count). The van der Waals surface area contributed by atoms with Gasteiger partial charge in [-0.1, -0.05) is 20.3 Å². The second-order valence-electron chi connectivity index (χ2n) is 3.93. The number of benzene rings is 1. The van der Waals surface area contributed by atoms with Gasteiger partial charge in [0.2, 0.25) is 0 Å². The monoisotopic (exact) mass is 304 g/mol. The molecule has 6 heteroatoms. The van der Waals surface area contributed by atoms with Gasteiger partial charge in [-0.25, -0.2) is 4.39 Å². The number of anilines is 1. The summed E-state index contributed by atoms with van der Waals surface area (Å²) in [5, 5.41) is 13.7. The van der Waals surface area contributed by atoms with Crippen LogP contribution >= 0.6 is 15.9 Å². The Kier molecular flexibility index (Phi) is 4.86. The van der Waals surface area contributed by atoms with Crippen LogP contribution in [0, 0.1) is 21.8 Å². The molecule has 0 saturated carbocycles. The van der Waals surface area contributed by atoms with Crippen LogP contribution in [0.2, 0.25) is 0 Å². The van der Waals surface area contributed by atoms with Gasteiger partial charge in [-0.3, -0.25) is 10.1 Å². The highest BCUT2D eigenvalue weighted by Crippen LogP contribution is 2.30. The van der Waals surface area contributed by atoms with Gasteiger partial charge in [-0.15, -0.1) is 0 Å². The normalized spacial score (nSPS) is 12.2. The second-order valence-corrected chi connectivity index (χ2v) is 4.79. The van der Waals surface area contributed by atoms with Crippen molar-refractivity contribution in [3.8, 4) is 0 Å². The van der Waals surface area contributed by atoms with Crippen molar-refractivity contribution in [1.29, 1.82) is 0 Å². The summed E-state index contributed by atoms with van der Waals surface area (Å²) in [5.41, 5.74) is 0.0950. The van der Waals surface area contributed by atoms with Crippen molar-refractivity contribution >= 4 is 27.3 Å². The molecule has 0 spiro atoms. The quantitative estimate of drug-likeness (QED) is 0.662. The minimum Gasteiger partial charge on any atom is -0.379 e. The van der Waals surface area contributed by atoms with Crippen LogP contribution in [-0.4, -0.2) is 11.5 Å². The van der Waals surface area contributed by atoms with Gasteiger partial charge >= 0.3 is 0 Å². The number of rotatable bonds is 5. The molecule has 0 heterocycles. The third-order valence-corrected chi connectivity index (χ3v) is 3.18. The summed E-state index contributed by atoms with van der Waals surface area (Å²) in [5.74, 6) is -0.136. The van der Waals surface area contributed by atoms with Crippen LogP contribution in [0.15, 0.2) is 16.6 Å². The van der Waals surface area contributed by atoms with Gasteiger partial charge in [0.25, 0.3) is 5.69 Å². The van der Waals surface area contributed by atoms with E-state index in [9.17, 15) is 14.5 Å². The predicted molar refractivity (Wildman–Crippen MR) is 68.7 cm³/mol. The Bertz CT molecular complexity index is 426. The van der Waals surface area contributed by atoms with E-state index in [0.29, 0.717) is 12.5 Å². The fourth-order valence-corrected chi connectivity index (χ4v) is 1.59. The minimum atomic E-state index is -0.525. The minimum absolute atomic E-state index is 0.0956. The number of hydrogen-bond acceptors (Lipinski definition) is 3. The highest BCUT2D eigenvalue weighted by atomic mass is 79.9. The van der Waals surface area contributed by atoms with Gasteiger partial charge in [0.15, 0.2) is 0 Å². The molecular weight excluding hydrogens is 291 g/mol. The molecule has 0 fully saturated rings. The molecule has 0 aliphatic rings. The molecule has 1 atom stereocenters. The van der Waals surface area contributed by atoms with Gasteiger partial charge < -0.3 is 5.32 Å². The molecule has 4 nitrogen and oxygen atoms in total. The maximum atomic E-state index is 13.3. The molecule has 1 aromatic carbocycles. The molecule has 0 radical (unpaired) electrons. The molecule has 0 aromatic heterocycles. The summed E-state index contributed by atoms with van der Waals surface area (Å²) in [4.78, 5) is 10.3. The molecule has 1 aromatic rings. The van der Waals surface area contributed by atoms with Crippen molar-refractivity contribution in [2.75, 3.05) is 11.9 Å². The largest absolute Gasteiger partial charge is 0.379 e. The summed E-state index contributed by atoms with van der Waals surface area (Å²) < 4.78 is 13.4. The van der Waals surface area contributed by atoms with E-state index in [1.807, 2.05) is 13.8 Å². The average molecular weight is 305 g/mol. The van der Waals surface area contributed by atoms with E-state index in [0.717, 1.165) is 12.5 Å². The van der Waals surface area contributed by atoms with Crippen molar-refractivity contribution in [1.82, 2.24) is 0 Å². The SMILES string of the molecule is CCC(C)CNc1cc(F)c(Br)cc1[N+](=O)[O-]. The number of nitro benzene ring substituents is 1.